The van der Waals surface area contributed by atoms with Crippen LogP contribution < -0.4 is 0 Å². The van der Waals surface area contributed by atoms with Crippen LogP contribution in [0.25, 0.3) is 11.1 Å². The molecule has 0 bridgehead atoms. The van der Waals surface area contributed by atoms with Crippen molar-refractivity contribution in [3.63, 3.8) is 0 Å². The van der Waals surface area contributed by atoms with E-state index in [0.717, 1.165) is 6.92 Å². The molecular formula is C14H14O2. The fourth-order valence-corrected chi connectivity index (χ4v) is 1.06. The first-order valence-corrected chi connectivity index (χ1v) is 5.00. The monoisotopic (exact) mass is 214 g/mol. The third-order valence-electron chi connectivity index (χ3n) is 1.78. The molecule has 3 rings (SSSR count). The molecule has 0 heterocycles. The van der Waals surface area contributed by atoms with Crippen molar-refractivity contribution in [2.45, 2.75) is 6.92 Å². The summed E-state index contributed by atoms with van der Waals surface area (Å²) in [4.78, 5) is 9.00. The van der Waals surface area contributed by atoms with Gasteiger partial charge in [-0.1, -0.05) is 54.6 Å². The van der Waals surface area contributed by atoms with Crippen molar-refractivity contribution in [3.05, 3.63) is 60.7 Å². The van der Waals surface area contributed by atoms with Gasteiger partial charge in [0.1, 0.15) is 0 Å². The van der Waals surface area contributed by atoms with Crippen molar-refractivity contribution in [3.8, 4) is 11.1 Å². The molecular weight excluding hydrogens is 200 g/mol. The standard InChI is InChI=1S/C6H4.C6H6.C2H4O2/c1-2-5-4-6(5)3-1;1-2-4-6-5-3-1;1-2(3)4/h1-4H;1-6H;1H3,(H,3,4). The van der Waals surface area contributed by atoms with Crippen LogP contribution in [0, 0.1) is 0 Å². The minimum atomic E-state index is -0.833. The van der Waals surface area contributed by atoms with E-state index in [0.29, 0.717) is 0 Å². The van der Waals surface area contributed by atoms with E-state index in [1.807, 2.05) is 36.4 Å². The van der Waals surface area contributed by atoms with Crippen molar-refractivity contribution >= 4 is 5.97 Å². The fraction of sp³-hybridized carbons (Fsp3) is 0.0714. The van der Waals surface area contributed by atoms with E-state index < -0.39 is 5.97 Å². The number of hydrogen-bond acceptors (Lipinski definition) is 1. The van der Waals surface area contributed by atoms with Crippen LogP contribution in [0.4, 0.5) is 0 Å². The molecule has 0 spiro atoms. The Bertz CT molecular complexity index is 388. The van der Waals surface area contributed by atoms with E-state index in [4.69, 9.17) is 9.90 Å². The maximum Gasteiger partial charge on any atom is 0.300 e. The van der Waals surface area contributed by atoms with Gasteiger partial charge < -0.3 is 5.11 Å². The highest BCUT2D eigenvalue weighted by atomic mass is 16.4. The smallest absolute Gasteiger partial charge is 0.300 e. The predicted octanol–water partition coefficient (Wildman–Crippen LogP) is 3.44. The first-order valence-electron chi connectivity index (χ1n) is 5.00. The van der Waals surface area contributed by atoms with Crippen molar-refractivity contribution in [2.24, 2.45) is 0 Å². The minimum absolute atomic E-state index is 0.833. The van der Waals surface area contributed by atoms with Crippen LogP contribution in [-0.2, 0) is 4.79 Å². The van der Waals surface area contributed by atoms with Gasteiger partial charge in [0.05, 0.1) is 0 Å². The number of carbonyl (C=O) groups is 1. The zero-order valence-corrected chi connectivity index (χ0v) is 9.13. The van der Waals surface area contributed by atoms with Gasteiger partial charge in [0.2, 0.25) is 0 Å². The average Bonchev–Trinajstić information content (AvgIpc) is 2.88. The Kier molecular flexibility index (Phi) is 4.80. The Balaban J connectivity index is 0.000000124. The Morgan fingerprint density at radius 3 is 1.31 bits per heavy atom. The Labute approximate surface area is 95.2 Å². The van der Waals surface area contributed by atoms with E-state index >= 15 is 0 Å². The maximum absolute atomic E-state index is 9.00. The second-order valence-corrected chi connectivity index (χ2v) is 3.25. The van der Waals surface area contributed by atoms with Gasteiger partial charge in [-0.25, -0.2) is 0 Å². The molecule has 1 aromatic carbocycles. The second kappa shape index (κ2) is 6.40. The molecule has 0 fully saturated rings. The molecule has 16 heavy (non-hydrogen) atoms. The van der Waals surface area contributed by atoms with Crippen molar-refractivity contribution in [2.75, 3.05) is 0 Å². The number of fused-ring (bicyclic) bond motifs is 1. The summed E-state index contributed by atoms with van der Waals surface area (Å²) in [7, 11) is 0. The van der Waals surface area contributed by atoms with Gasteiger partial charge in [-0.15, -0.1) is 0 Å². The Morgan fingerprint density at radius 2 is 1.19 bits per heavy atom. The minimum Gasteiger partial charge on any atom is -0.481 e. The lowest BCUT2D eigenvalue weighted by atomic mass is 10.4. The number of benzene rings is 2. The zero-order chi connectivity index (χ0) is 11.8. The van der Waals surface area contributed by atoms with E-state index in [9.17, 15) is 0 Å². The third-order valence-corrected chi connectivity index (χ3v) is 1.78. The normalized spacial score (nSPS) is 8.81. The molecule has 0 aromatic heterocycles. The summed E-state index contributed by atoms with van der Waals surface area (Å²) in [6.45, 7) is 1.08. The molecule has 1 aromatic rings. The topological polar surface area (TPSA) is 37.3 Å². The summed E-state index contributed by atoms with van der Waals surface area (Å²) in [6, 6.07) is 20.5. The third kappa shape index (κ3) is 5.60. The summed E-state index contributed by atoms with van der Waals surface area (Å²) >= 11 is 0. The number of aliphatic carboxylic acids is 1. The quantitative estimate of drug-likeness (QED) is 0.622. The summed E-state index contributed by atoms with van der Waals surface area (Å²) in [6.07, 6.45) is 0. The number of hydrogen-bond donors (Lipinski definition) is 1. The molecule has 82 valence electrons. The highest BCUT2D eigenvalue weighted by Crippen LogP contribution is 2.32. The van der Waals surface area contributed by atoms with Crippen LogP contribution in [0.15, 0.2) is 60.7 Å². The second-order valence-electron chi connectivity index (χ2n) is 3.25. The number of rotatable bonds is 0. The number of carboxylic acid groups (broad SMARTS) is 1. The van der Waals surface area contributed by atoms with Gasteiger partial charge in [0.15, 0.2) is 0 Å². The Morgan fingerprint density at radius 1 is 0.875 bits per heavy atom. The van der Waals surface area contributed by atoms with Crippen LogP contribution in [-0.4, -0.2) is 11.1 Å². The lowest BCUT2D eigenvalue weighted by Gasteiger charge is -1.69. The SMILES string of the molecule is CC(=O)O.c1cc2cc-2c1.c1ccccc1. The molecule has 0 radical (unpaired) electrons. The van der Waals surface area contributed by atoms with Crippen LogP contribution in [0.2, 0.25) is 0 Å². The van der Waals surface area contributed by atoms with Crippen LogP contribution in [0.5, 0.6) is 0 Å². The van der Waals surface area contributed by atoms with Crippen molar-refractivity contribution in [1.29, 1.82) is 0 Å². The van der Waals surface area contributed by atoms with Gasteiger partial charge in [-0.05, 0) is 17.2 Å². The number of carboxylic acids is 1. The van der Waals surface area contributed by atoms with Crippen molar-refractivity contribution in [1.82, 2.24) is 0 Å². The molecule has 0 saturated carbocycles. The lowest BCUT2D eigenvalue weighted by Crippen LogP contribution is -1.78. The summed E-state index contributed by atoms with van der Waals surface area (Å²) in [5, 5.41) is 7.42. The van der Waals surface area contributed by atoms with Crippen LogP contribution in [0.1, 0.15) is 6.92 Å². The molecule has 1 N–H and O–H groups in total. The molecule has 0 atom stereocenters. The molecule has 0 unspecified atom stereocenters. The van der Waals surface area contributed by atoms with E-state index in [-0.39, 0.29) is 0 Å². The maximum atomic E-state index is 9.00. The lowest BCUT2D eigenvalue weighted by molar-refractivity contribution is -0.134. The van der Waals surface area contributed by atoms with Gasteiger partial charge in [0, 0.05) is 6.92 Å². The zero-order valence-electron chi connectivity index (χ0n) is 9.13. The van der Waals surface area contributed by atoms with Crippen LogP contribution in [0.3, 0.4) is 0 Å². The van der Waals surface area contributed by atoms with Gasteiger partial charge >= 0.3 is 0 Å². The molecule has 2 heteroatoms. The highest BCUT2D eigenvalue weighted by Gasteiger charge is 2.06. The predicted molar refractivity (Wildman–Crippen MR) is 65.2 cm³/mol. The first kappa shape index (κ1) is 12.0. The van der Waals surface area contributed by atoms with Gasteiger partial charge in [0.25, 0.3) is 5.97 Å². The van der Waals surface area contributed by atoms with E-state index in [1.54, 1.807) is 0 Å². The van der Waals surface area contributed by atoms with Crippen LogP contribution >= 0.6 is 0 Å². The van der Waals surface area contributed by atoms with E-state index in [1.165, 1.54) is 11.1 Å². The molecule has 2 aliphatic rings. The molecule has 2 nitrogen and oxygen atoms in total. The van der Waals surface area contributed by atoms with E-state index in [2.05, 4.69) is 24.3 Å². The molecule has 2 aliphatic carbocycles. The fourth-order valence-electron chi connectivity index (χ4n) is 1.06. The average molecular weight is 214 g/mol. The molecule has 0 aliphatic heterocycles. The molecule has 0 saturated heterocycles. The summed E-state index contributed by atoms with van der Waals surface area (Å²) < 4.78 is 0. The van der Waals surface area contributed by atoms with Crippen molar-refractivity contribution < 1.29 is 9.90 Å². The van der Waals surface area contributed by atoms with Gasteiger partial charge in [-0.2, -0.15) is 0 Å². The Hall–Kier alpha value is -2.09. The largest absolute Gasteiger partial charge is 0.481 e. The van der Waals surface area contributed by atoms with Gasteiger partial charge in [-0.3, -0.25) is 4.79 Å². The first-order chi connectivity index (χ1) is 7.70. The summed E-state index contributed by atoms with van der Waals surface area (Å²) in [5.74, 6) is -0.833. The molecule has 0 amide bonds. The highest BCUT2D eigenvalue weighted by molar-refractivity contribution is 5.80. The summed E-state index contributed by atoms with van der Waals surface area (Å²) in [5.41, 5.74) is 2.85.